The van der Waals surface area contributed by atoms with Crippen LogP contribution < -0.4 is 0 Å². The first-order valence-electron chi connectivity index (χ1n) is 28.1. The van der Waals surface area contributed by atoms with Crippen LogP contribution in [0.5, 0.6) is 0 Å². The van der Waals surface area contributed by atoms with E-state index in [2.05, 4.69) is 142 Å². The van der Waals surface area contributed by atoms with Crippen LogP contribution in [0.25, 0.3) is 0 Å². The molecule has 0 amide bonds. The third kappa shape index (κ3) is 54.9. The molecule has 0 radical (unpaired) electrons. The van der Waals surface area contributed by atoms with Crippen molar-refractivity contribution in [3.05, 3.63) is 122 Å². The van der Waals surface area contributed by atoms with Crippen molar-refractivity contribution in [2.24, 2.45) is 0 Å². The normalized spacial score (nSPS) is 13.2. The first-order chi connectivity index (χ1) is 33.6. The second-order valence-corrected chi connectivity index (χ2v) is 18.1. The highest BCUT2D eigenvalue weighted by Gasteiger charge is 2.17. The smallest absolute Gasteiger partial charge is 0.306 e. The number of hydrogen-bond acceptors (Lipinski definition) is 5. The predicted octanol–water partition coefficient (Wildman–Crippen LogP) is 19.3. The Labute approximate surface area is 420 Å². The predicted molar refractivity (Wildman–Crippen MR) is 297 cm³/mol. The molecule has 0 aromatic carbocycles. The van der Waals surface area contributed by atoms with Gasteiger partial charge in [0.1, 0.15) is 6.61 Å². The fraction of sp³-hybridized carbons (Fsp3) is 0.651. The molecular weight excluding hydrogens is 837 g/mol. The molecule has 0 aliphatic heterocycles. The zero-order valence-electron chi connectivity index (χ0n) is 44.3. The Kier molecular flexibility index (Phi) is 54.5. The van der Waals surface area contributed by atoms with Crippen LogP contribution in [0.3, 0.4) is 0 Å². The molecule has 0 saturated carbocycles. The molecule has 0 aliphatic rings. The van der Waals surface area contributed by atoms with E-state index in [1.54, 1.807) is 0 Å². The molecule has 0 bridgehead atoms. The van der Waals surface area contributed by atoms with Crippen LogP contribution in [0, 0.1) is 0 Å². The van der Waals surface area contributed by atoms with Gasteiger partial charge in [0.25, 0.3) is 0 Å². The fourth-order valence-electron chi connectivity index (χ4n) is 7.29. The van der Waals surface area contributed by atoms with Gasteiger partial charge in [-0.05, 0) is 128 Å². The maximum Gasteiger partial charge on any atom is 0.306 e. The number of hydrogen-bond donors (Lipinski definition) is 0. The Hall–Kier alpha value is -3.70. The molecule has 0 saturated heterocycles. The summed E-state index contributed by atoms with van der Waals surface area (Å²) in [5.41, 5.74) is 0. The van der Waals surface area contributed by atoms with Crippen LogP contribution in [0.15, 0.2) is 122 Å². The van der Waals surface area contributed by atoms with Crippen molar-refractivity contribution in [3.63, 3.8) is 0 Å². The van der Waals surface area contributed by atoms with Crippen LogP contribution in [-0.4, -0.2) is 37.9 Å². The monoisotopic (exact) mass is 941 g/mol. The van der Waals surface area contributed by atoms with Gasteiger partial charge in [0.05, 0.1) is 6.61 Å². The maximum atomic E-state index is 12.8. The lowest BCUT2D eigenvalue weighted by molar-refractivity contribution is -0.163. The maximum absolute atomic E-state index is 12.8. The van der Waals surface area contributed by atoms with Crippen molar-refractivity contribution in [1.82, 2.24) is 0 Å². The molecule has 5 heteroatoms. The highest BCUT2D eigenvalue weighted by atomic mass is 16.6. The van der Waals surface area contributed by atoms with Gasteiger partial charge in [-0.15, -0.1) is 0 Å². The standard InChI is InChI=1S/C63H104O5/c1-4-7-10-13-16-19-22-25-28-30-31-32-34-37-40-43-46-49-52-55-58-66-59-61(68-63(65)57-54-51-48-45-42-39-35-27-24-21-18-15-12-9-6-3)60-67-62(64)56-53-50-47-44-41-38-36-33-29-26-23-20-17-14-11-8-5-2/h7,10,16-21,25-29,31-32,35,37,40,46,49,61H,4-6,8-9,11-15,22-24,30,33-34,36,38-39,41-45,47-48,50-60H2,1-3H3/b10-7-,19-16-,20-17-,21-18-,28-25-,29-26-,32-31-,35-27-,40-37-,49-46-. The van der Waals surface area contributed by atoms with Crippen molar-refractivity contribution in [2.75, 3.05) is 19.8 Å². The lowest BCUT2D eigenvalue weighted by Gasteiger charge is -2.18. The van der Waals surface area contributed by atoms with E-state index in [0.717, 1.165) is 116 Å². The van der Waals surface area contributed by atoms with Gasteiger partial charge in [-0.25, -0.2) is 0 Å². The summed E-state index contributed by atoms with van der Waals surface area (Å²) in [5, 5.41) is 0. The minimum atomic E-state index is -0.586. The lowest BCUT2D eigenvalue weighted by atomic mass is 10.1. The molecule has 5 nitrogen and oxygen atoms in total. The lowest BCUT2D eigenvalue weighted by Crippen LogP contribution is -2.30. The highest BCUT2D eigenvalue weighted by molar-refractivity contribution is 5.70. The third-order valence-electron chi connectivity index (χ3n) is 11.5. The van der Waals surface area contributed by atoms with Crippen LogP contribution in [0.2, 0.25) is 0 Å². The van der Waals surface area contributed by atoms with E-state index in [0.29, 0.717) is 19.4 Å². The van der Waals surface area contributed by atoms with E-state index in [-0.39, 0.29) is 25.2 Å². The molecule has 0 spiro atoms. The molecule has 0 aromatic rings. The molecule has 0 heterocycles. The van der Waals surface area contributed by atoms with Crippen molar-refractivity contribution >= 4 is 11.9 Å². The number of carbonyl (C=O) groups is 2. The zero-order chi connectivity index (χ0) is 49.2. The van der Waals surface area contributed by atoms with Gasteiger partial charge in [-0.2, -0.15) is 0 Å². The van der Waals surface area contributed by atoms with Crippen molar-refractivity contribution in [1.29, 1.82) is 0 Å². The molecule has 386 valence electrons. The highest BCUT2D eigenvalue weighted by Crippen LogP contribution is 2.13. The summed E-state index contributed by atoms with van der Waals surface area (Å²) in [5.74, 6) is -0.459. The van der Waals surface area contributed by atoms with Gasteiger partial charge < -0.3 is 14.2 Å². The number of ether oxygens (including phenoxy) is 3. The molecule has 1 atom stereocenters. The first-order valence-corrected chi connectivity index (χ1v) is 28.1. The number of unbranched alkanes of at least 4 members (excludes halogenated alkanes) is 19. The van der Waals surface area contributed by atoms with E-state index < -0.39 is 6.10 Å². The Balaban J connectivity index is 4.44. The summed E-state index contributed by atoms with van der Waals surface area (Å²) >= 11 is 0. The first kappa shape index (κ1) is 64.3. The molecular formula is C63H104O5. The van der Waals surface area contributed by atoms with Crippen molar-refractivity contribution < 1.29 is 23.8 Å². The minimum Gasteiger partial charge on any atom is -0.462 e. The Morgan fingerprint density at radius 3 is 1.06 bits per heavy atom. The van der Waals surface area contributed by atoms with Crippen LogP contribution >= 0.6 is 0 Å². The summed E-state index contributed by atoms with van der Waals surface area (Å²) in [6.07, 6.45) is 80.8. The molecule has 0 rings (SSSR count). The third-order valence-corrected chi connectivity index (χ3v) is 11.5. The minimum absolute atomic E-state index is 0.0452. The summed E-state index contributed by atoms with van der Waals surface area (Å²) in [6, 6.07) is 0. The molecule has 0 aliphatic carbocycles. The van der Waals surface area contributed by atoms with Gasteiger partial charge in [0.15, 0.2) is 6.10 Å². The second kappa shape index (κ2) is 57.6. The average Bonchev–Trinajstić information content (AvgIpc) is 3.34. The molecule has 68 heavy (non-hydrogen) atoms. The molecule has 0 fully saturated rings. The van der Waals surface area contributed by atoms with Gasteiger partial charge in [-0.1, -0.05) is 219 Å². The number of carbonyl (C=O) groups excluding carboxylic acids is 2. The summed E-state index contributed by atoms with van der Waals surface area (Å²) in [7, 11) is 0. The number of allylic oxidation sites excluding steroid dienone is 20. The number of esters is 2. The Morgan fingerprint density at radius 2 is 0.662 bits per heavy atom. The van der Waals surface area contributed by atoms with Crippen LogP contribution in [0.4, 0.5) is 0 Å². The van der Waals surface area contributed by atoms with E-state index in [9.17, 15) is 9.59 Å². The zero-order valence-corrected chi connectivity index (χ0v) is 44.3. The Morgan fingerprint density at radius 1 is 0.338 bits per heavy atom. The fourth-order valence-corrected chi connectivity index (χ4v) is 7.29. The van der Waals surface area contributed by atoms with E-state index in [1.807, 2.05) is 0 Å². The van der Waals surface area contributed by atoms with Gasteiger partial charge in [0, 0.05) is 19.4 Å². The van der Waals surface area contributed by atoms with Crippen LogP contribution in [-0.2, 0) is 23.8 Å². The summed E-state index contributed by atoms with van der Waals surface area (Å²) < 4.78 is 17.4. The van der Waals surface area contributed by atoms with Crippen molar-refractivity contribution in [2.45, 2.75) is 245 Å². The second-order valence-electron chi connectivity index (χ2n) is 18.1. The van der Waals surface area contributed by atoms with Gasteiger partial charge in [0.2, 0.25) is 0 Å². The quantitative estimate of drug-likeness (QED) is 0.0345. The average molecular weight is 942 g/mol. The van der Waals surface area contributed by atoms with E-state index in [4.69, 9.17) is 14.2 Å². The molecule has 0 aromatic heterocycles. The van der Waals surface area contributed by atoms with E-state index in [1.165, 1.54) is 89.9 Å². The van der Waals surface area contributed by atoms with E-state index >= 15 is 0 Å². The molecule has 1 unspecified atom stereocenters. The van der Waals surface area contributed by atoms with Crippen molar-refractivity contribution in [3.8, 4) is 0 Å². The molecule has 0 N–H and O–H groups in total. The van der Waals surface area contributed by atoms with Gasteiger partial charge >= 0.3 is 11.9 Å². The largest absolute Gasteiger partial charge is 0.462 e. The Bertz CT molecular complexity index is 1390. The summed E-state index contributed by atoms with van der Waals surface area (Å²) in [4.78, 5) is 25.5. The SMILES string of the molecule is CC/C=C\C/C=C\C/C=C\C/C=C\C/C=C\C/C=C\CCCOCC(COC(=O)CCCCCCCCC/C=C\C/C=C\CCCCC)OC(=O)CCCCCCC/C=C\C/C=C\CCCCC. The number of rotatable bonds is 50. The topological polar surface area (TPSA) is 61.8 Å². The van der Waals surface area contributed by atoms with Crippen LogP contribution in [0.1, 0.15) is 239 Å². The summed E-state index contributed by atoms with van der Waals surface area (Å²) in [6.45, 7) is 7.49. The van der Waals surface area contributed by atoms with Gasteiger partial charge in [-0.3, -0.25) is 9.59 Å².